The van der Waals surface area contributed by atoms with Gasteiger partial charge in [-0.15, -0.1) is 0 Å². The quantitative estimate of drug-likeness (QED) is 0.340. The highest BCUT2D eigenvalue weighted by molar-refractivity contribution is 5.68. The third kappa shape index (κ3) is 6.68. The first kappa shape index (κ1) is 8.68. The summed E-state index contributed by atoms with van der Waals surface area (Å²) in [6, 6.07) is 0. The zero-order valence-corrected chi connectivity index (χ0v) is 5.32. The Balaban J connectivity index is 3.20. The molecule has 1 N–H and O–H groups in total. The first-order chi connectivity index (χ1) is 4.77. The van der Waals surface area contributed by atoms with Crippen molar-refractivity contribution >= 4 is 12.4 Å². The van der Waals surface area contributed by atoms with Gasteiger partial charge in [0.2, 0.25) is 0 Å². The number of carbonyl (C=O) groups is 2. The van der Waals surface area contributed by atoms with Gasteiger partial charge in [-0.1, -0.05) is 12.2 Å². The van der Waals surface area contributed by atoms with E-state index in [1.54, 1.807) is 0 Å². The number of aliphatic carboxylic acids is 1. The average molecular weight is 144 g/mol. The van der Waals surface area contributed by atoms with Crippen LogP contribution in [-0.4, -0.2) is 24.2 Å². The lowest BCUT2D eigenvalue weighted by Crippen LogP contribution is -1.91. The molecule has 0 aromatic rings. The van der Waals surface area contributed by atoms with Crippen molar-refractivity contribution in [2.75, 3.05) is 6.61 Å². The fraction of sp³-hybridized carbons (Fsp3) is 0.333. The minimum Gasteiger partial charge on any atom is -0.481 e. The first-order valence-corrected chi connectivity index (χ1v) is 2.69. The van der Waals surface area contributed by atoms with Crippen LogP contribution >= 0.6 is 0 Å². The van der Waals surface area contributed by atoms with Gasteiger partial charge in [0, 0.05) is 0 Å². The zero-order chi connectivity index (χ0) is 7.82. The van der Waals surface area contributed by atoms with Crippen LogP contribution in [0.15, 0.2) is 12.2 Å². The van der Waals surface area contributed by atoms with Gasteiger partial charge in [0.1, 0.15) is 6.61 Å². The zero-order valence-electron chi connectivity index (χ0n) is 5.32. The Morgan fingerprint density at radius 2 is 2.20 bits per heavy atom. The van der Waals surface area contributed by atoms with E-state index in [1.807, 2.05) is 0 Å². The van der Waals surface area contributed by atoms with Crippen LogP contribution in [0.2, 0.25) is 0 Å². The Kier molecular flexibility index (Phi) is 5.04. The van der Waals surface area contributed by atoms with Crippen molar-refractivity contribution in [1.82, 2.24) is 0 Å². The molecule has 0 bridgehead atoms. The highest BCUT2D eigenvalue weighted by Gasteiger charge is 1.87. The Morgan fingerprint density at radius 1 is 1.50 bits per heavy atom. The molecule has 4 nitrogen and oxygen atoms in total. The minimum absolute atomic E-state index is 0.0395. The molecule has 10 heavy (non-hydrogen) atoms. The van der Waals surface area contributed by atoms with E-state index in [-0.39, 0.29) is 13.0 Å². The summed E-state index contributed by atoms with van der Waals surface area (Å²) in [7, 11) is 0. The van der Waals surface area contributed by atoms with Crippen LogP contribution < -0.4 is 0 Å². The molecule has 0 spiro atoms. The Labute approximate surface area is 58.1 Å². The van der Waals surface area contributed by atoms with E-state index < -0.39 is 5.97 Å². The smallest absolute Gasteiger partial charge is 0.307 e. The maximum absolute atomic E-state index is 9.87. The van der Waals surface area contributed by atoms with Gasteiger partial charge < -0.3 is 9.84 Å². The molecule has 0 aromatic heterocycles. The molecular formula is C6H8O4. The normalized spacial score (nSPS) is 9.60. The van der Waals surface area contributed by atoms with Crippen molar-refractivity contribution in [3.8, 4) is 0 Å². The Bertz CT molecular complexity index is 139. The summed E-state index contributed by atoms with van der Waals surface area (Å²) in [6.07, 6.45) is 2.86. The van der Waals surface area contributed by atoms with E-state index in [9.17, 15) is 9.59 Å². The van der Waals surface area contributed by atoms with E-state index in [0.29, 0.717) is 6.47 Å². The lowest BCUT2D eigenvalue weighted by Gasteiger charge is -1.87. The maximum atomic E-state index is 9.87. The number of hydrogen-bond donors (Lipinski definition) is 1. The topological polar surface area (TPSA) is 63.6 Å². The lowest BCUT2D eigenvalue weighted by molar-refractivity contribution is -0.136. The van der Waals surface area contributed by atoms with E-state index in [4.69, 9.17) is 5.11 Å². The van der Waals surface area contributed by atoms with Crippen molar-refractivity contribution in [2.45, 2.75) is 6.42 Å². The second-order valence-electron chi connectivity index (χ2n) is 1.50. The Morgan fingerprint density at radius 3 is 2.70 bits per heavy atom. The average Bonchev–Trinajstić information content (AvgIpc) is 1.87. The molecule has 0 rings (SSSR count). The molecule has 0 fully saturated rings. The van der Waals surface area contributed by atoms with Gasteiger partial charge in [-0.3, -0.25) is 9.59 Å². The van der Waals surface area contributed by atoms with Crippen LogP contribution in [0.1, 0.15) is 6.42 Å². The predicted molar refractivity (Wildman–Crippen MR) is 33.4 cm³/mol. The van der Waals surface area contributed by atoms with Crippen molar-refractivity contribution in [3.63, 3.8) is 0 Å². The van der Waals surface area contributed by atoms with Crippen LogP contribution in [0.3, 0.4) is 0 Å². The monoisotopic (exact) mass is 144 g/mol. The fourth-order valence-corrected chi connectivity index (χ4v) is 0.347. The molecule has 0 aliphatic heterocycles. The van der Waals surface area contributed by atoms with Gasteiger partial charge in [-0.05, 0) is 0 Å². The van der Waals surface area contributed by atoms with Gasteiger partial charge in [0.15, 0.2) is 0 Å². The lowest BCUT2D eigenvalue weighted by atomic mass is 10.4. The van der Waals surface area contributed by atoms with Gasteiger partial charge in [0.05, 0.1) is 6.42 Å². The second-order valence-corrected chi connectivity index (χ2v) is 1.50. The molecule has 0 aliphatic rings. The molecule has 4 heteroatoms. The third-order valence-electron chi connectivity index (χ3n) is 0.720. The summed E-state index contributed by atoms with van der Waals surface area (Å²) >= 11 is 0. The molecule has 0 saturated heterocycles. The van der Waals surface area contributed by atoms with Gasteiger partial charge in [-0.2, -0.15) is 0 Å². The summed E-state index contributed by atoms with van der Waals surface area (Å²) in [6.45, 7) is 0.446. The van der Waals surface area contributed by atoms with Crippen molar-refractivity contribution in [3.05, 3.63) is 12.2 Å². The molecule has 0 amide bonds. The van der Waals surface area contributed by atoms with Crippen LogP contribution in [0.5, 0.6) is 0 Å². The van der Waals surface area contributed by atoms with Crippen molar-refractivity contribution in [1.29, 1.82) is 0 Å². The van der Waals surface area contributed by atoms with Crippen molar-refractivity contribution in [2.24, 2.45) is 0 Å². The molecule has 0 saturated carbocycles. The van der Waals surface area contributed by atoms with Crippen LogP contribution in [0.25, 0.3) is 0 Å². The summed E-state index contributed by atoms with van der Waals surface area (Å²) in [5.41, 5.74) is 0. The molecular weight excluding hydrogens is 136 g/mol. The molecule has 0 radical (unpaired) electrons. The maximum Gasteiger partial charge on any atom is 0.307 e. The highest BCUT2D eigenvalue weighted by Crippen LogP contribution is 1.81. The van der Waals surface area contributed by atoms with Crippen molar-refractivity contribution < 1.29 is 19.4 Å². The van der Waals surface area contributed by atoms with Gasteiger partial charge in [0.25, 0.3) is 6.47 Å². The molecule has 0 aliphatic carbocycles. The van der Waals surface area contributed by atoms with E-state index in [2.05, 4.69) is 4.74 Å². The third-order valence-corrected chi connectivity index (χ3v) is 0.720. The summed E-state index contributed by atoms with van der Waals surface area (Å²) < 4.78 is 4.26. The molecule has 0 heterocycles. The standard InChI is InChI=1S/C6H8O4/c7-5-10-4-2-1-3-6(8)9/h1-2,5H,3-4H2,(H,8,9)/b2-1-. The van der Waals surface area contributed by atoms with Gasteiger partial charge >= 0.3 is 5.97 Å². The first-order valence-electron chi connectivity index (χ1n) is 2.69. The number of carboxylic acids is 1. The number of carboxylic acid groups (broad SMARTS) is 1. The van der Waals surface area contributed by atoms with Crippen LogP contribution in [0.4, 0.5) is 0 Å². The van der Waals surface area contributed by atoms with Gasteiger partial charge in [-0.25, -0.2) is 0 Å². The molecule has 0 aromatic carbocycles. The van der Waals surface area contributed by atoms with Crippen LogP contribution in [-0.2, 0) is 14.3 Å². The molecule has 0 unspecified atom stereocenters. The van der Waals surface area contributed by atoms with E-state index in [0.717, 1.165) is 0 Å². The summed E-state index contributed by atoms with van der Waals surface area (Å²) in [4.78, 5) is 19.4. The number of carbonyl (C=O) groups excluding carboxylic acids is 1. The SMILES string of the molecule is O=COC/C=C\CC(=O)O. The van der Waals surface area contributed by atoms with E-state index >= 15 is 0 Å². The summed E-state index contributed by atoms with van der Waals surface area (Å²) in [5, 5.41) is 8.11. The second kappa shape index (κ2) is 5.81. The molecule has 56 valence electrons. The number of ether oxygens (including phenoxy) is 1. The largest absolute Gasteiger partial charge is 0.481 e. The predicted octanol–water partition coefficient (Wildman–Crippen LogP) is 0.190. The van der Waals surface area contributed by atoms with E-state index in [1.165, 1.54) is 12.2 Å². The Hall–Kier alpha value is -1.32. The number of hydrogen-bond acceptors (Lipinski definition) is 3. The van der Waals surface area contributed by atoms with Crippen LogP contribution in [0, 0.1) is 0 Å². The summed E-state index contributed by atoms with van der Waals surface area (Å²) in [5.74, 6) is -0.901. The molecule has 0 atom stereocenters. The highest BCUT2D eigenvalue weighted by atomic mass is 16.5. The minimum atomic E-state index is -0.901. The number of rotatable bonds is 5. The fourth-order valence-electron chi connectivity index (χ4n) is 0.347.